The van der Waals surface area contributed by atoms with Crippen molar-refractivity contribution in [3.05, 3.63) is 144 Å². The van der Waals surface area contributed by atoms with Crippen LogP contribution in [0.1, 0.15) is 363 Å². The van der Waals surface area contributed by atoms with Crippen LogP contribution in [-0.4, -0.2) is 124 Å². The van der Waals surface area contributed by atoms with Crippen molar-refractivity contribution in [1.29, 1.82) is 0 Å². The third-order valence-corrected chi connectivity index (χ3v) is 39.5. The number of ketones is 1. The van der Waals surface area contributed by atoms with E-state index in [1.807, 2.05) is 88.1 Å². The Morgan fingerprint density at radius 3 is 1.06 bits per heavy atom. The molecule has 0 bridgehead atoms. The third kappa shape index (κ3) is 55.8. The standard InChI is InChI=1S/C31H48N2S4.C21H42S2.C19H21NO2.C13H20N2OS2.C12H26.C9H17NO3.2CH5BP2.6CH4/c1-21-22(2)30(6,7)26(24(4)36(34)28-17-10-12-19-32-28)15-14-16-27(31(8,9)23(21)3)25(5)37(35)29-18-11-13-20-33-29;1-13-14(2)20(6,7)18(16(4)22)11-10-12-19(17(5)23)21(8,9)15(13)3;1-3-14(2)13-20-19(22)17-11-9-16(10-12-17)18(21)15-7-5-4-6-8-15;1-3-11(2)10-15-12(16)7-9-17-18-13-6-4-5-8-14-13;1-8(2)10(5)12(7)11(6)9(3)4;1-3-7(2)6-10-8(11)4-5-9(12)13;2*1-4(2)3;;;;;;/h10-13,17-27H,14-16H2,1-9H3;13-19,22-23H,10-12H2,1-9H3;4-12,14H,3,13H2,1-2H3,(H,20,22);4-6,8,11H,3,7,9-10H2,1-2H3,(H,15,16);8-12H,1-7H3;7H,3-6H2,1-2H3,(H,10,11)(H,12,13);2*3H2,1H3;6*1H4/t21?,22-,23+,24?,25?,26?,27?,36?,37?;13?,14-,15+,16?,17?,18?,19?;;;10-,11+,12?;;;;;;;;;. The van der Waals surface area contributed by atoms with Gasteiger partial charge in [-0.05, 0) is 249 Å². The SMILES string of the molecule is C.C.C.C.C.C.CC(C)[C@@H](C)C(C)[C@@H](C)C(C)C.CC(S)C1CCCC(C(C)S)C(C)(C)[C@@H](C)C(C)[C@@H](C)C1(C)C.CC1[C@@H](C)C(C)(C)C(C(C)S(=S)c2ccccn2)CCCC(C(C)S(=S)c2ccccn2)C(C)(C)[C@H]1C.CCC(C)CNC(=O)CCC(=O)O.CCC(C)CNC(=O)CCSSc1ccccn1.CCC(C)CNC(=O)c1ccc(C(=O)c2ccccc2)cc1.[B]P(C)P.[B]P(C)P. The number of nitrogens with zero attached hydrogens (tertiary/aromatic N) is 3. The first-order valence-corrected chi connectivity index (χ1v) is 64.0. The van der Waals surface area contributed by atoms with Gasteiger partial charge in [-0.15, -0.1) is 32.8 Å². The molecule has 4 radical (unpaired) electrons. The molecule has 800 valence electrons. The third-order valence-electron chi connectivity index (χ3n) is 30.4. The zero-order valence-corrected chi connectivity index (χ0v) is 99.3. The Bertz CT molecular complexity index is 3900. The van der Waals surface area contributed by atoms with Crippen molar-refractivity contribution in [2.24, 2.45) is 128 Å². The first kappa shape index (κ1) is 150. The van der Waals surface area contributed by atoms with Crippen molar-refractivity contribution < 1.29 is 29.1 Å². The number of carbonyl (C=O) groups is 5. The number of carbonyl (C=O) groups excluding carboxylic acids is 4. The Morgan fingerprint density at radius 1 is 0.453 bits per heavy atom. The molecule has 0 spiro atoms. The first-order valence-electron chi connectivity index (χ1n) is 49.3. The number of pyridine rings is 3. The number of benzene rings is 2. The van der Waals surface area contributed by atoms with Gasteiger partial charge in [-0.3, -0.25) is 24.0 Å². The average Bonchev–Trinajstić information content (AvgIpc) is 0.777. The smallest absolute Gasteiger partial charge is 0.303 e. The molecule has 2 saturated carbocycles. The van der Waals surface area contributed by atoms with Crippen LogP contribution in [0.5, 0.6) is 0 Å². The second-order valence-electron chi connectivity index (χ2n) is 41.5. The lowest BCUT2D eigenvalue weighted by Crippen LogP contribution is -2.48. The topological polar surface area (TPSA) is 180 Å². The Balaban J connectivity index is -0.000000304. The summed E-state index contributed by atoms with van der Waals surface area (Å²) in [4.78, 5) is 70.5. The van der Waals surface area contributed by atoms with Gasteiger partial charge in [0, 0.05) is 94.5 Å². The molecule has 3 heterocycles. The average molecular weight is 2150 g/mol. The van der Waals surface area contributed by atoms with Crippen LogP contribution in [0.3, 0.4) is 0 Å². The molecule has 5 aromatic rings. The molecule has 2 aliphatic carbocycles. The Hall–Kier alpha value is -2.17. The molecule has 0 aliphatic heterocycles. The van der Waals surface area contributed by atoms with E-state index in [1.165, 1.54) is 38.5 Å². The van der Waals surface area contributed by atoms with E-state index in [0.717, 1.165) is 76.2 Å². The highest BCUT2D eigenvalue weighted by atomic mass is 33.1. The van der Waals surface area contributed by atoms with Gasteiger partial charge in [-0.1, -0.05) is 382 Å². The van der Waals surface area contributed by atoms with E-state index < -0.39 is 5.97 Å². The van der Waals surface area contributed by atoms with Crippen molar-refractivity contribution in [3.63, 3.8) is 0 Å². The van der Waals surface area contributed by atoms with Crippen LogP contribution < -0.4 is 16.0 Å². The van der Waals surface area contributed by atoms with Gasteiger partial charge in [0.25, 0.3) is 5.91 Å². The quantitative estimate of drug-likeness (QED) is 0.00599. The van der Waals surface area contributed by atoms with E-state index in [2.05, 4.69) is 274 Å². The van der Waals surface area contributed by atoms with Gasteiger partial charge in [0.05, 0.1) is 6.42 Å². The van der Waals surface area contributed by atoms with Gasteiger partial charge in [0.15, 0.2) is 5.78 Å². The highest BCUT2D eigenvalue weighted by Gasteiger charge is 2.50. The predicted molar refractivity (Wildman–Crippen MR) is 653 cm³/mol. The lowest BCUT2D eigenvalue weighted by molar-refractivity contribution is -0.138. The maximum absolute atomic E-state index is 12.3. The number of aliphatic carboxylic acids is 1. The van der Waals surface area contributed by atoms with Gasteiger partial charge in [0.1, 0.15) is 30.2 Å². The number of aromatic nitrogens is 3. The van der Waals surface area contributed by atoms with Crippen molar-refractivity contribution in [3.8, 4) is 0 Å². The molecule has 139 heavy (non-hydrogen) atoms. The maximum Gasteiger partial charge on any atom is 0.303 e. The highest BCUT2D eigenvalue weighted by molar-refractivity contribution is 8.76. The van der Waals surface area contributed by atoms with Crippen molar-refractivity contribution in [2.45, 2.75) is 372 Å². The highest BCUT2D eigenvalue weighted by Crippen LogP contribution is 2.56. The Kier molecular flexibility index (Phi) is 84.1. The molecule has 2 aromatic carbocycles. The number of amides is 3. The Morgan fingerprint density at radius 2 is 0.755 bits per heavy atom. The maximum atomic E-state index is 12.3. The molecule has 2 aliphatic rings. The second-order valence-corrected chi connectivity index (χ2v) is 58.8. The van der Waals surface area contributed by atoms with Crippen LogP contribution in [-0.2, 0) is 55.7 Å². The van der Waals surface area contributed by atoms with Gasteiger partial charge in [-0.25, -0.2) is 15.0 Å². The van der Waals surface area contributed by atoms with Crippen LogP contribution >= 0.6 is 79.7 Å². The number of hydrogen-bond donors (Lipinski definition) is 6. The molecule has 12 nitrogen and oxygen atoms in total. The fourth-order valence-electron chi connectivity index (χ4n) is 18.2. The van der Waals surface area contributed by atoms with Gasteiger partial charge < -0.3 is 21.1 Å². The summed E-state index contributed by atoms with van der Waals surface area (Å²) in [5.41, 5.74) is 2.87. The van der Waals surface area contributed by atoms with Crippen molar-refractivity contribution in [2.75, 3.05) is 38.7 Å². The fourth-order valence-corrected chi connectivity index (χ4v) is 25.6. The molecular weight excluding hydrogens is 1940 g/mol. The number of thiol groups is 2. The molecule has 4 N–H and O–H groups in total. The van der Waals surface area contributed by atoms with Crippen LogP contribution in [0, 0.1) is 128 Å². The van der Waals surface area contributed by atoms with Gasteiger partial charge >= 0.3 is 5.97 Å². The van der Waals surface area contributed by atoms with E-state index in [4.69, 9.17) is 67.9 Å². The fraction of sp³-hybridized carbons (Fsp3) is 0.717. The summed E-state index contributed by atoms with van der Waals surface area (Å²) in [7, 11) is 17.6. The van der Waals surface area contributed by atoms with Crippen molar-refractivity contribution in [1.82, 2.24) is 30.9 Å². The summed E-state index contributed by atoms with van der Waals surface area (Å²) in [5, 5.41) is 21.7. The van der Waals surface area contributed by atoms with E-state index in [0.29, 0.717) is 145 Å². The zero-order valence-electron chi connectivity index (χ0n) is 88.5. The minimum Gasteiger partial charge on any atom is -0.481 e. The molecule has 3 aromatic heterocycles. The molecule has 7 rings (SSSR count). The molecule has 26 atom stereocenters. The molecule has 2 fully saturated rings. The minimum atomic E-state index is -0.932. The van der Waals surface area contributed by atoms with Crippen LogP contribution in [0.2, 0.25) is 0 Å². The van der Waals surface area contributed by atoms with E-state index >= 15 is 0 Å². The lowest BCUT2D eigenvalue weighted by Gasteiger charge is -2.52. The molecule has 26 heteroatoms. The summed E-state index contributed by atoms with van der Waals surface area (Å²) >= 11 is 22.1. The number of carboxylic acid groups (broad SMARTS) is 1. The van der Waals surface area contributed by atoms with E-state index in [1.54, 1.807) is 64.2 Å². The summed E-state index contributed by atoms with van der Waals surface area (Å²) in [6.07, 6.45) is 16.8. The van der Waals surface area contributed by atoms with Crippen LogP contribution in [0.15, 0.2) is 143 Å². The first-order chi connectivity index (χ1) is 61.9. The normalized spacial score (nSPS) is 22.4. The summed E-state index contributed by atoms with van der Waals surface area (Å²) < 4.78 is 0. The number of carboxylic acids is 1. The Labute approximate surface area is 901 Å². The van der Waals surface area contributed by atoms with E-state index in [9.17, 15) is 24.0 Å². The summed E-state index contributed by atoms with van der Waals surface area (Å²) in [6, 6.07) is 34.1. The number of rotatable bonds is 32. The molecule has 3 amide bonds. The number of nitrogens with one attached hydrogen (secondary N) is 3. The van der Waals surface area contributed by atoms with Gasteiger partial charge in [-0.2, -0.15) is 25.3 Å². The summed E-state index contributed by atoms with van der Waals surface area (Å²) in [6.45, 7) is 79.5. The predicted octanol–water partition coefficient (Wildman–Crippen LogP) is 33.3. The van der Waals surface area contributed by atoms with E-state index in [-0.39, 0.29) is 126 Å². The largest absolute Gasteiger partial charge is 0.481 e. The lowest BCUT2D eigenvalue weighted by atomic mass is 9.55. The van der Waals surface area contributed by atoms with Crippen molar-refractivity contribution >= 4 is 166 Å². The molecule has 0 saturated heterocycles. The van der Waals surface area contributed by atoms with Crippen LogP contribution in [0.4, 0.5) is 0 Å². The molecule has 20 unspecified atom stereocenters. The zero-order chi connectivity index (χ0) is 102. The minimum absolute atomic E-state index is 0. The second kappa shape index (κ2) is 78.1. The van der Waals surface area contributed by atoms with Gasteiger partial charge in [0.2, 0.25) is 11.8 Å². The van der Waals surface area contributed by atoms with Crippen LogP contribution in [0.25, 0.3) is 0 Å². The summed E-state index contributed by atoms with van der Waals surface area (Å²) in [5.74, 6) is 11.7. The monoisotopic (exact) mass is 2150 g/mol. The molecular formula is C113H208B2N6O6P4S8. The number of hydrogen-bond acceptors (Lipinski definition) is 14.